The van der Waals surface area contributed by atoms with E-state index < -0.39 is 0 Å². The number of hydrogen-bond donors (Lipinski definition) is 1. The van der Waals surface area contributed by atoms with Crippen molar-refractivity contribution in [3.05, 3.63) is 11.1 Å². The van der Waals surface area contributed by atoms with Crippen LogP contribution >= 0.6 is 11.5 Å². The van der Waals surface area contributed by atoms with E-state index >= 15 is 0 Å². The van der Waals surface area contributed by atoms with Crippen molar-refractivity contribution in [2.75, 3.05) is 19.6 Å². The van der Waals surface area contributed by atoms with Gasteiger partial charge < -0.3 is 10.2 Å². The van der Waals surface area contributed by atoms with Gasteiger partial charge in [0.2, 0.25) is 0 Å². The Kier molecular flexibility index (Phi) is 3.56. The fourth-order valence-electron chi connectivity index (χ4n) is 3.06. The molecule has 2 aliphatic rings. The van der Waals surface area contributed by atoms with E-state index in [1.165, 1.54) is 30.8 Å². The molecule has 3 heterocycles. The Morgan fingerprint density at radius 1 is 1.44 bits per heavy atom. The molecule has 1 aromatic heterocycles. The fourth-order valence-corrected chi connectivity index (χ4v) is 3.49. The van der Waals surface area contributed by atoms with Gasteiger partial charge in [0.05, 0.1) is 0 Å². The van der Waals surface area contributed by atoms with E-state index in [0.717, 1.165) is 26.1 Å². The lowest BCUT2D eigenvalue weighted by Crippen LogP contribution is -2.46. The number of rotatable bonds is 2. The van der Waals surface area contributed by atoms with Gasteiger partial charge in [0.25, 0.3) is 5.91 Å². The van der Waals surface area contributed by atoms with Crippen LogP contribution < -0.4 is 5.32 Å². The van der Waals surface area contributed by atoms with E-state index in [0.29, 0.717) is 17.7 Å². The summed E-state index contributed by atoms with van der Waals surface area (Å²) in [4.78, 5) is 14.2. The number of aromatic nitrogens is 2. The second-order valence-corrected chi connectivity index (χ2v) is 5.76. The summed E-state index contributed by atoms with van der Waals surface area (Å²) in [6.45, 7) is 2.86. The second kappa shape index (κ2) is 5.32. The summed E-state index contributed by atoms with van der Waals surface area (Å²) in [7, 11) is 0. The number of carbonyl (C=O) groups excluding carboxylic acids is 1. The first-order valence-electron chi connectivity index (χ1n) is 6.64. The van der Waals surface area contributed by atoms with Gasteiger partial charge in [-0.05, 0) is 49.7 Å². The molecule has 5 nitrogen and oxygen atoms in total. The molecule has 0 spiro atoms. The number of carbonyl (C=O) groups is 1. The lowest BCUT2D eigenvalue weighted by molar-refractivity contribution is 0.0645. The zero-order chi connectivity index (χ0) is 12.4. The van der Waals surface area contributed by atoms with Crippen LogP contribution in [0.5, 0.6) is 0 Å². The topological polar surface area (TPSA) is 58.1 Å². The molecule has 1 N–H and O–H groups in total. The monoisotopic (exact) mass is 266 g/mol. The van der Waals surface area contributed by atoms with Crippen molar-refractivity contribution in [2.24, 2.45) is 5.92 Å². The molecule has 6 heteroatoms. The Bertz CT molecular complexity index is 402. The van der Waals surface area contributed by atoms with Crippen LogP contribution in [0.15, 0.2) is 5.38 Å². The van der Waals surface area contributed by atoms with Crippen molar-refractivity contribution in [3.8, 4) is 0 Å². The predicted octanol–water partition coefficient (Wildman–Crippen LogP) is 1.14. The fraction of sp³-hybridized carbons (Fsp3) is 0.750. The molecular formula is C12H18N4OS. The van der Waals surface area contributed by atoms with Crippen LogP contribution in [0.1, 0.15) is 36.2 Å². The van der Waals surface area contributed by atoms with Gasteiger partial charge in [-0.2, -0.15) is 0 Å². The van der Waals surface area contributed by atoms with E-state index in [1.807, 2.05) is 4.90 Å². The van der Waals surface area contributed by atoms with Crippen molar-refractivity contribution in [1.82, 2.24) is 19.8 Å². The molecule has 0 radical (unpaired) electrons. The molecule has 2 fully saturated rings. The van der Waals surface area contributed by atoms with Crippen LogP contribution in [-0.2, 0) is 0 Å². The van der Waals surface area contributed by atoms with Gasteiger partial charge in [-0.3, -0.25) is 4.79 Å². The van der Waals surface area contributed by atoms with Crippen LogP contribution in [0.2, 0.25) is 0 Å². The summed E-state index contributed by atoms with van der Waals surface area (Å²) in [6.07, 6.45) is 4.86. The van der Waals surface area contributed by atoms with Gasteiger partial charge in [0.1, 0.15) is 0 Å². The molecule has 2 saturated heterocycles. The molecule has 3 rings (SSSR count). The Hall–Kier alpha value is -1.01. The maximum atomic E-state index is 12.2. The molecule has 0 aliphatic carbocycles. The Morgan fingerprint density at radius 2 is 2.39 bits per heavy atom. The maximum absolute atomic E-state index is 12.2. The highest BCUT2D eigenvalue weighted by Gasteiger charge is 2.31. The van der Waals surface area contributed by atoms with Gasteiger partial charge in [-0.1, -0.05) is 4.49 Å². The van der Waals surface area contributed by atoms with E-state index in [1.54, 1.807) is 5.38 Å². The first kappa shape index (κ1) is 12.0. The van der Waals surface area contributed by atoms with Gasteiger partial charge in [-0.15, -0.1) is 5.10 Å². The van der Waals surface area contributed by atoms with Gasteiger partial charge in [0, 0.05) is 24.5 Å². The lowest BCUT2D eigenvalue weighted by Gasteiger charge is -2.35. The number of likely N-dealkylation sites (tertiary alicyclic amines) is 1. The highest BCUT2D eigenvalue weighted by atomic mass is 32.1. The molecule has 2 unspecified atom stereocenters. The summed E-state index contributed by atoms with van der Waals surface area (Å²) < 4.78 is 3.77. The standard InChI is InChI=1S/C12H18N4OS/c17-12(11-8-18-15-14-11)16-6-2-3-9(7-16)10-4-1-5-13-10/h8-10,13H,1-7H2. The minimum atomic E-state index is 0.0476. The van der Waals surface area contributed by atoms with Crippen molar-refractivity contribution < 1.29 is 4.79 Å². The molecule has 18 heavy (non-hydrogen) atoms. The third-order valence-electron chi connectivity index (χ3n) is 3.99. The summed E-state index contributed by atoms with van der Waals surface area (Å²) in [5.74, 6) is 0.656. The number of hydrogen-bond acceptors (Lipinski definition) is 5. The first-order valence-corrected chi connectivity index (χ1v) is 7.48. The van der Waals surface area contributed by atoms with Crippen molar-refractivity contribution in [2.45, 2.75) is 31.7 Å². The quantitative estimate of drug-likeness (QED) is 0.872. The second-order valence-electron chi connectivity index (χ2n) is 5.15. The van der Waals surface area contributed by atoms with Crippen LogP contribution in [0.3, 0.4) is 0 Å². The molecule has 0 saturated carbocycles. The van der Waals surface area contributed by atoms with E-state index in [9.17, 15) is 4.79 Å². The zero-order valence-corrected chi connectivity index (χ0v) is 11.2. The molecule has 0 aromatic carbocycles. The molecule has 1 amide bonds. The normalized spacial score (nSPS) is 28.6. The average Bonchev–Trinajstić information content (AvgIpc) is 3.11. The lowest BCUT2D eigenvalue weighted by atomic mass is 9.89. The first-order chi connectivity index (χ1) is 8.84. The SMILES string of the molecule is O=C(c1csnn1)N1CCCC(C2CCCN2)C1. The summed E-state index contributed by atoms with van der Waals surface area (Å²) in [5.41, 5.74) is 0.500. The minimum Gasteiger partial charge on any atom is -0.337 e. The highest BCUT2D eigenvalue weighted by Crippen LogP contribution is 2.25. The van der Waals surface area contributed by atoms with Gasteiger partial charge in [-0.25, -0.2) is 0 Å². The summed E-state index contributed by atoms with van der Waals surface area (Å²) in [5, 5.41) is 9.17. The Morgan fingerprint density at radius 3 is 3.11 bits per heavy atom. The minimum absolute atomic E-state index is 0.0476. The highest BCUT2D eigenvalue weighted by molar-refractivity contribution is 7.03. The molecule has 98 valence electrons. The average molecular weight is 266 g/mol. The van der Waals surface area contributed by atoms with Gasteiger partial charge >= 0.3 is 0 Å². The van der Waals surface area contributed by atoms with E-state index in [-0.39, 0.29) is 5.91 Å². The molecule has 1 aromatic rings. The van der Waals surface area contributed by atoms with Crippen molar-refractivity contribution >= 4 is 17.4 Å². The van der Waals surface area contributed by atoms with Crippen molar-refractivity contribution in [1.29, 1.82) is 0 Å². The number of nitrogens with one attached hydrogen (secondary N) is 1. The Balaban J connectivity index is 1.64. The van der Waals surface area contributed by atoms with Gasteiger partial charge in [0.15, 0.2) is 5.69 Å². The van der Waals surface area contributed by atoms with Crippen LogP contribution in [0.25, 0.3) is 0 Å². The Labute approximate surface area is 111 Å². The largest absolute Gasteiger partial charge is 0.337 e. The third kappa shape index (κ3) is 2.40. The molecule has 2 atom stereocenters. The van der Waals surface area contributed by atoms with Crippen LogP contribution in [0, 0.1) is 5.92 Å². The van der Waals surface area contributed by atoms with Crippen LogP contribution in [-0.4, -0.2) is 46.1 Å². The van der Waals surface area contributed by atoms with E-state index in [4.69, 9.17) is 0 Å². The predicted molar refractivity (Wildman–Crippen MR) is 69.6 cm³/mol. The third-order valence-corrected chi connectivity index (χ3v) is 4.50. The molecule has 2 aliphatic heterocycles. The zero-order valence-electron chi connectivity index (χ0n) is 10.3. The number of amides is 1. The van der Waals surface area contributed by atoms with E-state index in [2.05, 4.69) is 14.9 Å². The molecule has 0 bridgehead atoms. The number of nitrogens with zero attached hydrogens (tertiary/aromatic N) is 3. The number of piperidine rings is 1. The molecular weight excluding hydrogens is 248 g/mol. The summed E-state index contributed by atoms with van der Waals surface area (Å²) in [6, 6.07) is 0.606. The summed E-state index contributed by atoms with van der Waals surface area (Å²) >= 11 is 1.24. The van der Waals surface area contributed by atoms with Crippen LogP contribution in [0.4, 0.5) is 0 Å². The maximum Gasteiger partial charge on any atom is 0.275 e. The van der Waals surface area contributed by atoms with Crippen molar-refractivity contribution in [3.63, 3.8) is 0 Å². The smallest absolute Gasteiger partial charge is 0.275 e.